The molecule has 20 heavy (non-hydrogen) atoms. The van der Waals surface area contributed by atoms with Crippen molar-refractivity contribution >= 4 is 11.9 Å². The fraction of sp³-hybridized carbons (Fsp3) is 0.500. The molecule has 1 rings (SSSR count). The lowest BCUT2D eigenvalue weighted by Gasteiger charge is -2.17. The molecular weight excluding hydrogens is 256 g/mol. The molecule has 0 saturated heterocycles. The Morgan fingerprint density at radius 2 is 1.65 bits per heavy atom. The first-order chi connectivity index (χ1) is 9.59. The highest BCUT2D eigenvalue weighted by Gasteiger charge is 2.12. The molecule has 110 valence electrons. The SMILES string of the molecule is CC(=O)OCCCC[C@@H](COC(C)=O)c1ccccc1. The molecule has 0 spiro atoms. The van der Waals surface area contributed by atoms with Gasteiger partial charge in [-0.15, -0.1) is 0 Å². The molecule has 1 atom stereocenters. The first-order valence-electron chi connectivity index (χ1n) is 6.91. The van der Waals surface area contributed by atoms with E-state index in [0.29, 0.717) is 13.2 Å². The number of carbonyl (C=O) groups is 2. The molecule has 0 amide bonds. The van der Waals surface area contributed by atoms with Gasteiger partial charge in [0.25, 0.3) is 0 Å². The molecule has 0 heterocycles. The van der Waals surface area contributed by atoms with Gasteiger partial charge in [0.1, 0.15) is 0 Å². The van der Waals surface area contributed by atoms with Crippen LogP contribution in [0.3, 0.4) is 0 Å². The average Bonchev–Trinajstić information content (AvgIpc) is 2.42. The Balaban J connectivity index is 2.42. The van der Waals surface area contributed by atoms with Crippen LogP contribution in [0.5, 0.6) is 0 Å². The predicted octanol–water partition coefficient (Wildman–Crippen LogP) is 3.07. The van der Waals surface area contributed by atoms with Gasteiger partial charge in [-0.3, -0.25) is 9.59 Å². The lowest BCUT2D eigenvalue weighted by molar-refractivity contribution is -0.142. The van der Waals surface area contributed by atoms with Gasteiger partial charge in [0.2, 0.25) is 0 Å². The van der Waals surface area contributed by atoms with E-state index in [1.54, 1.807) is 0 Å². The molecule has 0 fully saturated rings. The van der Waals surface area contributed by atoms with E-state index in [2.05, 4.69) is 0 Å². The van der Waals surface area contributed by atoms with Crippen molar-refractivity contribution in [2.75, 3.05) is 13.2 Å². The van der Waals surface area contributed by atoms with Gasteiger partial charge in [0.05, 0.1) is 13.2 Å². The van der Waals surface area contributed by atoms with Crippen molar-refractivity contribution in [2.45, 2.75) is 39.0 Å². The molecule has 0 aliphatic rings. The third-order valence-electron chi connectivity index (χ3n) is 3.01. The third-order valence-corrected chi connectivity index (χ3v) is 3.01. The Kier molecular flexibility index (Phi) is 7.40. The number of esters is 2. The fourth-order valence-corrected chi connectivity index (χ4v) is 2.00. The summed E-state index contributed by atoms with van der Waals surface area (Å²) < 4.78 is 10.0. The molecule has 1 aromatic rings. The number of benzene rings is 1. The van der Waals surface area contributed by atoms with E-state index in [1.165, 1.54) is 19.4 Å². The topological polar surface area (TPSA) is 52.6 Å². The fourth-order valence-electron chi connectivity index (χ4n) is 2.00. The number of ether oxygens (including phenoxy) is 2. The van der Waals surface area contributed by atoms with E-state index in [4.69, 9.17) is 9.47 Å². The second-order valence-electron chi connectivity index (χ2n) is 4.75. The van der Waals surface area contributed by atoms with Gasteiger partial charge in [0.15, 0.2) is 0 Å². The van der Waals surface area contributed by atoms with Crippen molar-refractivity contribution in [1.29, 1.82) is 0 Å². The van der Waals surface area contributed by atoms with Crippen LogP contribution in [-0.4, -0.2) is 25.2 Å². The first kappa shape index (κ1) is 16.2. The summed E-state index contributed by atoms with van der Waals surface area (Å²) in [7, 11) is 0. The highest BCUT2D eigenvalue weighted by molar-refractivity contribution is 5.66. The Hall–Kier alpha value is -1.84. The Morgan fingerprint density at radius 3 is 2.25 bits per heavy atom. The molecular formula is C16H22O4. The van der Waals surface area contributed by atoms with E-state index in [1.807, 2.05) is 30.3 Å². The van der Waals surface area contributed by atoms with Crippen LogP contribution in [0, 0.1) is 0 Å². The lowest BCUT2D eigenvalue weighted by Crippen LogP contribution is -2.11. The molecule has 0 unspecified atom stereocenters. The minimum absolute atomic E-state index is 0.192. The standard InChI is InChI=1S/C16H22O4/c1-13(17)19-11-7-6-10-16(12-20-14(2)18)15-8-4-3-5-9-15/h3-5,8-9,16H,6-7,10-12H2,1-2H3/t16-/m0/s1. The van der Waals surface area contributed by atoms with Crippen LogP contribution in [0.2, 0.25) is 0 Å². The Labute approximate surface area is 120 Å². The number of carbonyl (C=O) groups excluding carboxylic acids is 2. The summed E-state index contributed by atoms with van der Waals surface area (Å²) in [6.45, 7) is 3.67. The van der Waals surface area contributed by atoms with Gasteiger partial charge < -0.3 is 9.47 Å². The molecule has 4 heteroatoms. The van der Waals surface area contributed by atoms with Gasteiger partial charge in [-0.25, -0.2) is 0 Å². The molecule has 0 aliphatic carbocycles. The smallest absolute Gasteiger partial charge is 0.302 e. The normalized spacial score (nSPS) is 11.7. The highest BCUT2D eigenvalue weighted by atomic mass is 16.5. The predicted molar refractivity (Wildman–Crippen MR) is 76.3 cm³/mol. The van der Waals surface area contributed by atoms with E-state index in [9.17, 15) is 9.59 Å². The van der Waals surface area contributed by atoms with Crippen LogP contribution in [0.25, 0.3) is 0 Å². The van der Waals surface area contributed by atoms with Crippen molar-refractivity contribution in [1.82, 2.24) is 0 Å². The average molecular weight is 278 g/mol. The van der Waals surface area contributed by atoms with E-state index >= 15 is 0 Å². The quantitative estimate of drug-likeness (QED) is 0.541. The maximum absolute atomic E-state index is 11.0. The van der Waals surface area contributed by atoms with Gasteiger partial charge in [-0.2, -0.15) is 0 Å². The summed E-state index contributed by atoms with van der Waals surface area (Å²) in [6, 6.07) is 10.0. The summed E-state index contributed by atoms with van der Waals surface area (Å²) in [5.41, 5.74) is 1.17. The van der Waals surface area contributed by atoms with Crippen LogP contribution >= 0.6 is 0 Å². The molecule has 0 N–H and O–H groups in total. The minimum Gasteiger partial charge on any atom is -0.466 e. The van der Waals surface area contributed by atoms with Crippen LogP contribution in [-0.2, 0) is 19.1 Å². The summed E-state index contributed by atoms with van der Waals surface area (Å²) in [6.07, 6.45) is 2.65. The van der Waals surface area contributed by atoms with Crippen LogP contribution in [0.1, 0.15) is 44.6 Å². The highest BCUT2D eigenvalue weighted by Crippen LogP contribution is 2.22. The number of unbranched alkanes of at least 4 members (excludes halogenated alkanes) is 1. The molecule has 0 aliphatic heterocycles. The Morgan fingerprint density at radius 1 is 1.00 bits per heavy atom. The summed E-state index contributed by atoms with van der Waals surface area (Å²) >= 11 is 0. The zero-order chi connectivity index (χ0) is 14.8. The third kappa shape index (κ3) is 6.92. The minimum atomic E-state index is -0.258. The van der Waals surface area contributed by atoms with Crippen molar-refractivity contribution in [2.24, 2.45) is 0 Å². The molecule has 1 aromatic carbocycles. The Bertz CT molecular complexity index is 414. The van der Waals surface area contributed by atoms with Crippen molar-refractivity contribution in [3.8, 4) is 0 Å². The number of rotatable bonds is 8. The second-order valence-corrected chi connectivity index (χ2v) is 4.75. The summed E-state index contributed by atoms with van der Waals surface area (Å²) in [5, 5.41) is 0. The van der Waals surface area contributed by atoms with E-state index in [0.717, 1.165) is 19.3 Å². The molecule has 0 aromatic heterocycles. The number of hydrogen-bond acceptors (Lipinski definition) is 4. The van der Waals surface area contributed by atoms with Crippen molar-refractivity contribution < 1.29 is 19.1 Å². The zero-order valence-electron chi connectivity index (χ0n) is 12.1. The van der Waals surface area contributed by atoms with Crippen LogP contribution < -0.4 is 0 Å². The van der Waals surface area contributed by atoms with Gasteiger partial charge in [-0.05, 0) is 24.8 Å². The van der Waals surface area contributed by atoms with Gasteiger partial charge in [0, 0.05) is 19.8 Å². The van der Waals surface area contributed by atoms with Crippen LogP contribution in [0.15, 0.2) is 30.3 Å². The maximum Gasteiger partial charge on any atom is 0.302 e. The first-order valence-corrected chi connectivity index (χ1v) is 6.91. The largest absolute Gasteiger partial charge is 0.466 e. The lowest BCUT2D eigenvalue weighted by atomic mass is 9.94. The molecule has 0 saturated carbocycles. The van der Waals surface area contributed by atoms with Crippen LogP contribution in [0.4, 0.5) is 0 Å². The molecule has 4 nitrogen and oxygen atoms in total. The summed E-state index contributed by atoms with van der Waals surface area (Å²) in [4.78, 5) is 21.6. The second kappa shape index (κ2) is 9.13. The van der Waals surface area contributed by atoms with Gasteiger partial charge >= 0.3 is 11.9 Å². The monoisotopic (exact) mass is 278 g/mol. The zero-order valence-corrected chi connectivity index (χ0v) is 12.1. The number of hydrogen-bond donors (Lipinski definition) is 0. The van der Waals surface area contributed by atoms with Crippen molar-refractivity contribution in [3.05, 3.63) is 35.9 Å². The van der Waals surface area contributed by atoms with E-state index < -0.39 is 0 Å². The van der Waals surface area contributed by atoms with Crippen molar-refractivity contribution in [3.63, 3.8) is 0 Å². The van der Waals surface area contributed by atoms with Gasteiger partial charge in [-0.1, -0.05) is 30.3 Å². The summed E-state index contributed by atoms with van der Waals surface area (Å²) in [5.74, 6) is -0.312. The molecule has 0 bridgehead atoms. The maximum atomic E-state index is 11.0. The molecule has 0 radical (unpaired) electrons. The van der Waals surface area contributed by atoms with E-state index in [-0.39, 0.29) is 17.9 Å².